The third kappa shape index (κ3) is 5.95. The Morgan fingerprint density at radius 1 is 1.04 bits per heavy atom. The van der Waals surface area contributed by atoms with Crippen LogP contribution in [-0.2, 0) is 4.79 Å². The topological polar surface area (TPSA) is 61.4 Å². The van der Waals surface area contributed by atoms with Crippen LogP contribution in [0, 0.1) is 0 Å². The molecule has 2 amide bonds. The predicted molar refractivity (Wildman–Crippen MR) is 102 cm³/mol. The van der Waals surface area contributed by atoms with Crippen molar-refractivity contribution in [2.45, 2.75) is 19.8 Å². The molecule has 0 saturated heterocycles. The lowest BCUT2D eigenvalue weighted by atomic mass is 10.2. The number of carbonyl (C=O) groups is 2. The Balaban J connectivity index is 1.92. The first kappa shape index (κ1) is 18.5. The smallest absolute Gasteiger partial charge is 0.251 e. The van der Waals surface area contributed by atoms with E-state index in [9.17, 15) is 9.59 Å². The summed E-state index contributed by atoms with van der Waals surface area (Å²) in [6, 6.07) is 16.7. The van der Waals surface area contributed by atoms with Crippen LogP contribution in [0.5, 0.6) is 0 Å². The van der Waals surface area contributed by atoms with E-state index in [1.807, 2.05) is 42.3 Å². The third-order valence-electron chi connectivity index (χ3n) is 3.80. The normalized spacial score (nSPS) is 10.2. The largest absolute Gasteiger partial charge is 0.365 e. The van der Waals surface area contributed by atoms with Gasteiger partial charge in [0.25, 0.3) is 5.91 Å². The zero-order chi connectivity index (χ0) is 18.1. The van der Waals surface area contributed by atoms with Crippen molar-refractivity contribution in [1.82, 2.24) is 5.32 Å². The van der Waals surface area contributed by atoms with Crippen LogP contribution in [0.1, 0.15) is 30.1 Å². The van der Waals surface area contributed by atoms with Gasteiger partial charge in [0.15, 0.2) is 0 Å². The Morgan fingerprint density at radius 2 is 1.80 bits per heavy atom. The lowest BCUT2D eigenvalue weighted by Crippen LogP contribution is -2.30. The van der Waals surface area contributed by atoms with Gasteiger partial charge >= 0.3 is 0 Å². The van der Waals surface area contributed by atoms with Crippen LogP contribution < -0.4 is 15.5 Å². The van der Waals surface area contributed by atoms with Crippen molar-refractivity contribution in [1.29, 1.82) is 0 Å². The molecule has 5 heteroatoms. The summed E-state index contributed by atoms with van der Waals surface area (Å²) < 4.78 is 0. The van der Waals surface area contributed by atoms with E-state index in [1.54, 1.807) is 24.3 Å². The fourth-order valence-corrected chi connectivity index (χ4v) is 2.41. The molecule has 0 bridgehead atoms. The van der Waals surface area contributed by atoms with E-state index in [0.29, 0.717) is 17.8 Å². The van der Waals surface area contributed by atoms with Crippen molar-refractivity contribution in [2.75, 3.05) is 30.4 Å². The summed E-state index contributed by atoms with van der Waals surface area (Å²) >= 11 is 0. The maximum absolute atomic E-state index is 12.2. The number of amides is 2. The molecule has 0 saturated carbocycles. The predicted octanol–water partition coefficient (Wildman–Crippen LogP) is 3.29. The molecule has 0 heterocycles. The third-order valence-corrected chi connectivity index (χ3v) is 3.80. The minimum atomic E-state index is -0.130. The number of carbonyl (C=O) groups excluding carboxylic acids is 2. The van der Waals surface area contributed by atoms with E-state index >= 15 is 0 Å². The van der Waals surface area contributed by atoms with Gasteiger partial charge in [0.1, 0.15) is 0 Å². The first-order valence-corrected chi connectivity index (χ1v) is 8.54. The molecule has 0 atom stereocenters. The molecule has 0 spiro atoms. The van der Waals surface area contributed by atoms with Gasteiger partial charge in [0, 0.05) is 30.5 Å². The van der Waals surface area contributed by atoms with Gasteiger partial charge in [-0.3, -0.25) is 9.59 Å². The van der Waals surface area contributed by atoms with Crippen LogP contribution in [0.4, 0.5) is 11.4 Å². The van der Waals surface area contributed by atoms with E-state index in [4.69, 9.17) is 0 Å². The standard InChI is InChI=1S/C20H25N3O2/c1-3-4-13-21-20(25)16-9-8-10-17(14-16)22-19(24)15-23(2)18-11-6-5-7-12-18/h5-12,14H,3-4,13,15H2,1-2H3,(H,21,25)(H,22,24). The molecule has 0 unspecified atom stereocenters. The molecular weight excluding hydrogens is 314 g/mol. The zero-order valence-corrected chi connectivity index (χ0v) is 14.8. The van der Waals surface area contributed by atoms with Gasteiger partial charge in [-0.05, 0) is 36.8 Å². The van der Waals surface area contributed by atoms with Crippen molar-refractivity contribution in [3.63, 3.8) is 0 Å². The van der Waals surface area contributed by atoms with Crippen LogP contribution >= 0.6 is 0 Å². The molecule has 0 aromatic heterocycles. The van der Waals surface area contributed by atoms with Crippen LogP contribution in [-0.4, -0.2) is 32.0 Å². The van der Waals surface area contributed by atoms with Gasteiger partial charge in [-0.2, -0.15) is 0 Å². The second kappa shape index (κ2) is 9.47. The summed E-state index contributed by atoms with van der Waals surface area (Å²) in [5.41, 5.74) is 2.14. The van der Waals surface area contributed by atoms with Crippen LogP contribution in [0.25, 0.3) is 0 Å². The maximum Gasteiger partial charge on any atom is 0.251 e. The van der Waals surface area contributed by atoms with E-state index in [2.05, 4.69) is 17.6 Å². The van der Waals surface area contributed by atoms with Crippen LogP contribution in [0.15, 0.2) is 54.6 Å². The summed E-state index contributed by atoms with van der Waals surface area (Å²) in [5.74, 6) is -0.249. The van der Waals surface area contributed by atoms with Crippen molar-refractivity contribution in [3.8, 4) is 0 Å². The van der Waals surface area contributed by atoms with Crippen molar-refractivity contribution in [2.24, 2.45) is 0 Å². The first-order chi connectivity index (χ1) is 12.1. The number of nitrogens with one attached hydrogen (secondary N) is 2. The van der Waals surface area contributed by atoms with E-state index < -0.39 is 0 Å². The molecule has 2 N–H and O–H groups in total. The highest BCUT2D eigenvalue weighted by molar-refractivity contribution is 5.98. The summed E-state index contributed by atoms with van der Waals surface area (Å²) in [7, 11) is 1.87. The lowest BCUT2D eigenvalue weighted by molar-refractivity contribution is -0.114. The van der Waals surface area contributed by atoms with Gasteiger partial charge < -0.3 is 15.5 Å². The molecule has 132 valence electrons. The molecule has 0 fully saturated rings. The molecule has 0 aliphatic heterocycles. The number of benzene rings is 2. The Hall–Kier alpha value is -2.82. The highest BCUT2D eigenvalue weighted by Crippen LogP contribution is 2.13. The highest BCUT2D eigenvalue weighted by Gasteiger charge is 2.10. The summed E-state index contributed by atoms with van der Waals surface area (Å²) in [5, 5.41) is 5.72. The quantitative estimate of drug-likeness (QED) is 0.726. The Labute approximate surface area is 149 Å². The SMILES string of the molecule is CCCCNC(=O)c1cccc(NC(=O)CN(C)c2ccccc2)c1. The molecule has 2 aromatic carbocycles. The molecular formula is C20H25N3O2. The molecule has 5 nitrogen and oxygen atoms in total. The van der Waals surface area contributed by atoms with Crippen molar-refractivity contribution in [3.05, 3.63) is 60.2 Å². The van der Waals surface area contributed by atoms with Crippen LogP contribution in [0.3, 0.4) is 0 Å². The average molecular weight is 339 g/mol. The number of para-hydroxylation sites is 1. The summed E-state index contributed by atoms with van der Waals surface area (Å²) in [4.78, 5) is 26.2. The highest BCUT2D eigenvalue weighted by atomic mass is 16.2. The second-order valence-corrected chi connectivity index (χ2v) is 5.93. The minimum absolute atomic E-state index is 0.119. The molecule has 0 aliphatic carbocycles. The monoisotopic (exact) mass is 339 g/mol. The summed E-state index contributed by atoms with van der Waals surface area (Å²) in [6.07, 6.45) is 1.99. The number of nitrogens with zero attached hydrogens (tertiary/aromatic N) is 1. The lowest BCUT2D eigenvalue weighted by Gasteiger charge is -2.18. The number of hydrogen-bond donors (Lipinski definition) is 2. The van der Waals surface area contributed by atoms with Gasteiger partial charge in [-0.25, -0.2) is 0 Å². The Morgan fingerprint density at radius 3 is 2.52 bits per heavy atom. The number of hydrogen-bond acceptors (Lipinski definition) is 3. The molecule has 0 radical (unpaired) electrons. The van der Waals surface area contributed by atoms with Crippen molar-refractivity contribution < 1.29 is 9.59 Å². The van der Waals surface area contributed by atoms with E-state index in [0.717, 1.165) is 18.5 Å². The van der Waals surface area contributed by atoms with Crippen LogP contribution in [0.2, 0.25) is 0 Å². The first-order valence-electron chi connectivity index (χ1n) is 8.54. The van der Waals surface area contributed by atoms with Gasteiger partial charge in [-0.15, -0.1) is 0 Å². The average Bonchev–Trinajstić information content (AvgIpc) is 2.62. The summed E-state index contributed by atoms with van der Waals surface area (Å²) in [6.45, 7) is 2.97. The molecule has 25 heavy (non-hydrogen) atoms. The number of rotatable bonds is 8. The molecule has 2 aromatic rings. The number of anilines is 2. The minimum Gasteiger partial charge on any atom is -0.365 e. The van der Waals surface area contributed by atoms with E-state index in [-0.39, 0.29) is 18.4 Å². The molecule has 2 rings (SSSR count). The Kier molecular flexibility index (Phi) is 7.01. The molecule has 0 aliphatic rings. The Bertz CT molecular complexity index is 701. The van der Waals surface area contributed by atoms with Crippen molar-refractivity contribution >= 4 is 23.2 Å². The van der Waals surface area contributed by atoms with Gasteiger partial charge in [-0.1, -0.05) is 37.6 Å². The van der Waals surface area contributed by atoms with E-state index in [1.165, 1.54) is 0 Å². The van der Waals surface area contributed by atoms with Gasteiger partial charge in [0.05, 0.1) is 6.54 Å². The number of likely N-dealkylation sites (N-methyl/N-ethyl adjacent to an activating group) is 1. The second-order valence-electron chi connectivity index (χ2n) is 5.93. The fraction of sp³-hybridized carbons (Fsp3) is 0.300. The van der Waals surface area contributed by atoms with Gasteiger partial charge in [0.2, 0.25) is 5.91 Å². The zero-order valence-electron chi connectivity index (χ0n) is 14.8. The number of unbranched alkanes of at least 4 members (excludes halogenated alkanes) is 1. The maximum atomic E-state index is 12.2. The fourth-order valence-electron chi connectivity index (χ4n) is 2.41.